The van der Waals surface area contributed by atoms with Gasteiger partial charge in [0.2, 0.25) is 0 Å². The van der Waals surface area contributed by atoms with Gasteiger partial charge in [-0.15, -0.1) is 0 Å². The van der Waals surface area contributed by atoms with Crippen LogP contribution in [0.2, 0.25) is 0 Å². The summed E-state index contributed by atoms with van der Waals surface area (Å²) in [5, 5.41) is 12.2. The first-order chi connectivity index (χ1) is 9.74. The van der Waals surface area contributed by atoms with Gasteiger partial charge in [0.25, 0.3) is 0 Å². The van der Waals surface area contributed by atoms with Crippen LogP contribution in [-0.4, -0.2) is 23.7 Å². The van der Waals surface area contributed by atoms with Gasteiger partial charge in [0.15, 0.2) is 0 Å². The Morgan fingerprint density at radius 3 is 3.20 bits per heavy atom. The molecule has 0 aromatic heterocycles. The number of aliphatic carboxylic acids is 1. The van der Waals surface area contributed by atoms with Crippen LogP contribution in [0.15, 0.2) is 30.4 Å². The predicted molar refractivity (Wildman–Crippen MR) is 77.3 cm³/mol. The second kappa shape index (κ2) is 5.57. The minimum absolute atomic E-state index is 0.153. The molecular weight excluding hydrogens is 254 g/mol. The highest BCUT2D eigenvalue weighted by atomic mass is 16.5. The van der Waals surface area contributed by atoms with Crippen molar-refractivity contribution in [2.75, 3.05) is 11.9 Å². The third-order valence-electron chi connectivity index (χ3n) is 3.95. The van der Waals surface area contributed by atoms with E-state index in [1.165, 1.54) is 17.7 Å². The molecular formula is C16H19NO3. The van der Waals surface area contributed by atoms with Crippen LogP contribution in [-0.2, 0) is 4.79 Å². The van der Waals surface area contributed by atoms with Gasteiger partial charge in [-0.2, -0.15) is 0 Å². The van der Waals surface area contributed by atoms with Crippen LogP contribution < -0.4 is 10.1 Å². The zero-order chi connectivity index (χ0) is 13.9. The fourth-order valence-electron chi connectivity index (χ4n) is 2.97. The number of allylic oxidation sites excluding steroid dienone is 1. The van der Waals surface area contributed by atoms with Gasteiger partial charge in [-0.25, -0.2) is 0 Å². The minimum atomic E-state index is -0.776. The Balaban J connectivity index is 1.66. The smallest absolute Gasteiger partial charge is 0.303 e. The van der Waals surface area contributed by atoms with Gasteiger partial charge >= 0.3 is 5.97 Å². The maximum Gasteiger partial charge on any atom is 0.303 e. The maximum absolute atomic E-state index is 10.4. The summed E-state index contributed by atoms with van der Waals surface area (Å²) in [6.07, 6.45) is 7.53. The van der Waals surface area contributed by atoms with Crippen LogP contribution >= 0.6 is 0 Å². The predicted octanol–water partition coefficient (Wildman–Crippen LogP) is 3.16. The number of carboxylic acid groups (broad SMARTS) is 1. The van der Waals surface area contributed by atoms with E-state index in [9.17, 15) is 4.79 Å². The molecule has 4 nitrogen and oxygen atoms in total. The molecule has 0 spiro atoms. The Labute approximate surface area is 118 Å². The Morgan fingerprint density at radius 1 is 1.45 bits per heavy atom. The maximum atomic E-state index is 10.4. The van der Waals surface area contributed by atoms with E-state index in [0.29, 0.717) is 25.0 Å². The van der Waals surface area contributed by atoms with E-state index in [2.05, 4.69) is 29.6 Å². The van der Waals surface area contributed by atoms with E-state index in [0.717, 1.165) is 12.2 Å². The second-order valence-electron chi connectivity index (χ2n) is 5.38. The molecule has 4 heteroatoms. The van der Waals surface area contributed by atoms with Crippen molar-refractivity contribution in [1.82, 2.24) is 0 Å². The van der Waals surface area contributed by atoms with Crippen LogP contribution in [0.1, 0.15) is 37.2 Å². The van der Waals surface area contributed by atoms with Crippen LogP contribution in [0.3, 0.4) is 0 Å². The van der Waals surface area contributed by atoms with Gasteiger partial charge in [-0.05, 0) is 43.0 Å². The SMILES string of the molecule is O=C(O)CCCOc1ccc2c(c1)C1C=CCCC1N2. The molecule has 0 saturated carbocycles. The van der Waals surface area contributed by atoms with Gasteiger partial charge in [-0.1, -0.05) is 12.2 Å². The Morgan fingerprint density at radius 2 is 2.35 bits per heavy atom. The first-order valence-corrected chi connectivity index (χ1v) is 7.16. The van der Waals surface area contributed by atoms with Crippen molar-refractivity contribution in [2.24, 2.45) is 0 Å². The molecule has 0 radical (unpaired) electrons. The Bertz CT molecular complexity index is 539. The van der Waals surface area contributed by atoms with E-state index in [4.69, 9.17) is 9.84 Å². The van der Waals surface area contributed by atoms with Crippen LogP contribution in [0.4, 0.5) is 5.69 Å². The number of hydrogen-bond acceptors (Lipinski definition) is 3. The standard InChI is InChI=1S/C16H19NO3/c18-16(19)6-3-9-20-11-7-8-15-13(10-11)12-4-1-2-5-14(12)17-15/h1,4,7-8,10,12,14,17H,2-3,5-6,9H2,(H,18,19). The van der Waals surface area contributed by atoms with Gasteiger partial charge in [-0.3, -0.25) is 4.79 Å². The Kier molecular flexibility index (Phi) is 3.63. The molecule has 1 aromatic rings. The molecule has 2 unspecified atom stereocenters. The van der Waals surface area contributed by atoms with Crippen LogP contribution in [0.25, 0.3) is 0 Å². The molecule has 1 aromatic carbocycles. The van der Waals surface area contributed by atoms with E-state index in [-0.39, 0.29) is 6.42 Å². The van der Waals surface area contributed by atoms with Gasteiger partial charge in [0, 0.05) is 24.1 Å². The molecule has 0 saturated heterocycles. The Hall–Kier alpha value is -1.97. The first-order valence-electron chi connectivity index (χ1n) is 7.16. The summed E-state index contributed by atoms with van der Waals surface area (Å²) >= 11 is 0. The van der Waals surface area contributed by atoms with Gasteiger partial charge < -0.3 is 15.2 Å². The third-order valence-corrected chi connectivity index (χ3v) is 3.95. The number of hydrogen-bond donors (Lipinski definition) is 2. The van der Waals surface area contributed by atoms with Gasteiger partial charge in [0.1, 0.15) is 5.75 Å². The highest BCUT2D eigenvalue weighted by molar-refractivity contribution is 5.66. The van der Waals surface area contributed by atoms with Crippen LogP contribution in [0.5, 0.6) is 5.75 Å². The monoisotopic (exact) mass is 273 g/mol. The number of benzene rings is 1. The summed E-state index contributed by atoms with van der Waals surface area (Å²) in [7, 11) is 0. The quantitative estimate of drug-likeness (QED) is 0.639. The first kappa shape index (κ1) is 13.0. The van der Waals surface area contributed by atoms with Crippen molar-refractivity contribution >= 4 is 11.7 Å². The lowest BCUT2D eigenvalue weighted by molar-refractivity contribution is -0.137. The molecule has 106 valence electrons. The summed E-state index contributed by atoms with van der Waals surface area (Å²) in [5.74, 6) is 0.499. The molecule has 0 amide bonds. The highest BCUT2D eigenvalue weighted by Gasteiger charge is 2.31. The molecule has 0 fully saturated rings. The van der Waals surface area contributed by atoms with Crippen molar-refractivity contribution in [3.8, 4) is 5.75 Å². The van der Waals surface area contributed by atoms with E-state index >= 15 is 0 Å². The van der Waals surface area contributed by atoms with Crippen molar-refractivity contribution < 1.29 is 14.6 Å². The molecule has 3 rings (SSSR count). The fourth-order valence-corrected chi connectivity index (χ4v) is 2.97. The summed E-state index contributed by atoms with van der Waals surface area (Å²) in [5.41, 5.74) is 2.49. The molecule has 2 N–H and O–H groups in total. The number of nitrogens with one attached hydrogen (secondary N) is 1. The summed E-state index contributed by atoms with van der Waals surface area (Å²) in [6.45, 7) is 0.447. The molecule has 2 atom stereocenters. The number of anilines is 1. The molecule has 1 aliphatic heterocycles. The number of fused-ring (bicyclic) bond motifs is 3. The van der Waals surface area contributed by atoms with E-state index in [1.807, 2.05) is 6.07 Å². The number of carbonyl (C=O) groups is 1. The van der Waals surface area contributed by atoms with Crippen molar-refractivity contribution in [3.63, 3.8) is 0 Å². The van der Waals surface area contributed by atoms with Crippen molar-refractivity contribution in [1.29, 1.82) is 0 Å². The van der Waals surface area contributed by atoms with Crippen molar-refractivity contribution in [2.45, 2.75) is 37.6 Å². The molecule has 1 heterocycles. The average Bonchev–Trinajstić information content (AvgIpc) is 2.81. The normalized spacial score (nSPS) is 22.8. The summed E-state index contributed by atoms with van der Waals surface area (Å²) < 4.78 is 5.65. The zero-order valence-electron chi connectivity index (χ0n) is 11.3. The number of rotatable bonds is 5. The van der Waals surface area contributed by atoms with Crippen LogP contribution in [0, 0.1) is 0 Å². The highest BCUT2D eigenvalue weighted by Crippen LogP contribution is 2.42. The van der Waals surface area contributed by atoms with Gasteiger partial charge in [0.05, 0.1) is 6.61 Å². The minimum Gasteiger partial charge on any atom is -0.494 e. The molecule has 2 aliphatic rings. The lowest BCUT2D eigenvalue weighted by Gasteiger charge is -2.20. The average molecular weight is 273 g/mol. The molecule has 0 bridgehead atoms. The number of ether oxygens (including phenoxy) is 1. The zero-order valence-corrected chi connectivity index (χ0v) is 11.3. The second-order valence-corrected chi connectivity index (χ2v) is 5.38. The summed E-state index contributed by atoms with van der Waals surface area (Å²) in [4.78, 5) is 10.4. The fraction of sp³-hybridized carbons (Fsp3) is 0.438. The third kappa shape index (κ3) is 2.64. The van der Waals surface area contributed by atoms with E-state index < -0.39 is 5.97 Å². The lowest BCUT2D eigenvalue weighted by Crippen LogP contribution is -2.21. The number of carboxylic acids is 1. The molecule has 20 heavy (non-hydrogen) atoms. The van der Waals surface area contributed by atoms with E-state index in [1.54, 1.807) is 0 Å². The van der Waals surface area contributed by atoms with Crippen molar-refractivity contribution in [3.05, 3.63) is 35.9 Å². The molecule has 1 aliphatic carbocycles. The largest absolute Gasteiger partial charge is 0.494 e. The lowest BCUT2D eigenvalue weighted by atomic mass is 9.88. The summed E-state index contributed by atoms with van der Waals surface area (Å²) in [6, 6.07) is 6.61. The topological polar surface area (TPSA) is 58.6 Å².